The number of hydrogen-bond donors (Lipinski definition) is 0. The van der Waals surface area contributed by atoms with Crippen LogP contribution in [0.4, 0.5) is 0 Å². The highest BCUT2D eigenvalue weighted by Crippen LogP contribution is 2.17. The number of ether oxygens (including phenoxy) is 1. The quantitative estimate of drug-likeness (QED) is 0.462. The van der Waals surface area contributed by atoms with Gasteiger partial charge >= 0.3 is 5.97 Å². The van der Waals surface area contributed by atoms with Crippen LogP contribution in [-0.4, -0.2) is 37.1 Å². The van der Waals surface area contributed by atoms with Gasteiger partial charge in [0.15, 0.2) is 0 Å². The third kappa shape index (κ3) is 2.46. The Bertz CT molecular complexity index is 219. The van der Waals surface area contributed by atoms with Crippen LogP contribution in [0.3, 0.4) is 0 Å². The standard InChI is InChI=1S/C10H15NO2/c1-3-7-11-8-5-4-6-9(11)10(12)13-2/h1,9H,4-8H2,2H3/t9-/m0/s1. The molecule has 0 bridgehead atoms. The van der Waals surface area contributed by atoms with E-state index in [1.54, 1.807) is 0 Å². The molecule has 72 valence electrons. The van der Waals surface area contributed by atoms with Crippen LogP contribution >= 0.6 is 0 Å². The van der Waals surface area contributed by atoms with Crippen LogP contribution in [0.1, 0.15) is 19.3 Å². The number of terminal acetylenes is 1. The van der Waals surface area contributed by atoms with Crippen molar-refractivity contribution in [1.82, 2.24) is 4.90 Å². The van der Waals surface area contributed by atoms with Crippen molar-refractivity contribution in [3.05, 3.63) is 0 Å². The van der Waals surface area contributed by atoms with Gasteiger partial charge in [-0.25, -0.2) is 0 Å². The van der Waals surface area contributed by atoms with Crippen LogP contribution in [0.15, 0.2) is 0 Å². The predicted molar refractivity (Wildman–Crippen MR) is 50.1 cm³/mol. The molecule has 0 aromatic rings. The molecule has 0 aromatic heterocycles. The van der Waals surface area contributed by atoms with Gasteiger partial charge in [-0.1, -0.05) is 12.3 Å². The highest BCUT2D eigenvalue weighted by atomic mass is 16.5. The second kappa shape index (κ2) is 4.88. The van der Waals surface area contributed by atoms with E-state index in [4.69, 9.17) is 11.2 Å². The van der Waals surface area contributed by atoms with E-state index in [0.29, 0.717) is 6.54 Å². The lowest BCUT2D eigenvalue weighted by Crippen LogP contribution is -2.45. The minimum absolute atomic E-state index is 0.116. The Morgan fingerprint density at radius 3 is 3.08 bits per heavy atom. The average Bonchev–Trinajstić information content (AvgIpc) is 2.18. The molecule has 1 fully saturated rings. The average molecular weight is 181 g/mol. The molecule has 1 aliphatic rings. The fraction of sp³-hybridized carbons (Fsp3) is 0.700. The van der Waals surface area contributed by atoms with Gasteiger partial charge in [0.1, 0.15) is 6.04 Å². The van der Waals surface area contributed by atoms with Gasteiger partial charge in [0.2, 0.25) is 0 Å². The third-order valence-corrected chi connectivity index (χ3v) is 2.38. The van der Waals surface area contributed by atoms with E-state index in [1.165, 1.54) is 7.11 Å². The van der Waals surface area contributed by atoms with Crippen LogP contribution in [0, 0.1) is 12.3 Å². The Morgan fingerprint density at radius 1 is 1.69 bits per heavy atom. The van der Waals surface area contributed by atoms with E-state index in [9.17, 15) is 4.79 Å². The summed E-state index contributed by atoms with van der Waals surface area (Å²) in [5.41, 5.74) is 0. The number of nitrogens with zero attached hydrogens (tertiary/aromatic N) is 1. The van der Waals surface area contributed by atoms with E-state index in [-0.39, 0.29) is 12.0 Å². The number of rotatable bonds is 2. The lowest BCUT2D eigenvalue weighted by molar-refractivity contribution is -0.147. The number of carbonyl (C=O) groups excluding carboxylic acids is 1. The summed E-state index contributed by atoms with van der Waals surface area (Å²) in [6.45, 7) is 1.45. The predicted octanol–water partition coefficient (Wildman–Crippen LogP) is 0.647. The molecule has 0 amide bonds. The number of carbonyl (C=O) groups is 1. The van der Waals surface area contributed by atoms with Gasteiger partial charge in [-0.05, 0) is 19.4 Å². The van der Waals surface area contributed by atoms with Gasteiger partial charge in [-0.2, -0.15) is 0 Å². The topological polar surface area (TPSA) is 29.5 Å². The van der Waals surface area contributed by atoms with Gasteiger partial charge in [0.25, 0.3) is 0 Å². The molecule has 0 aromatic carbocycles. The molecule has 0 spiro atoms. The summed E-state index contributed by atoms with van der Waals surface area (Å²) in [7, 11) is 1.42. The molecule has 0 N–H and O–H groups in total. The number of hydrogen-bond acceptors (Lipinski definition) is 3. The first-order chi connectivity index (χ1) is 6.29. The molecule has 1 rings (SSSR count). The fourth-order valence-corrected chi connectivity index (χ4v) is 1.70. The summed E-state index contributed by atoms with van der Waals surface area (Å²) in [5, 5.41) is 0. The first-order valence-electron chi connectivity index (χ1n) is 4.55. The Morgan fingerprint density at radius 2 is 2.46 bits per heavy atom. The largest absolute Gasteiger partial charge is 0.468 e. The fourth-order valence-electron chi connectivity index (χ4n) is 1.70. The van der Waals surface area contributed by atoms with Crippen molar-refractivity contribution in [2.75, 3.05) is 20.2 Å². The summed E-state index contributed by atoms with van der Waals surface area (Å²) >= 11 is 0. The van der Waals surface area contributed by atoms with Crippen molar-refractivity contribution in [2.24, 2.45) is 0 Å². The lowest BCUT2D eigenvalue weighted by Gasteiger charge is -2.31. The van der Waals surface area contributed by atoms with Crippen molar-refractivity contribution < 1.29 is 9.53 Å². The van der Waals surface area contributed by atoms with Gasteiger partial charge < -0.3 is 4.74 Å². The maximum atomic E-state index is 11.3. The highest BCUT2D eigenvalue weighted by molar-refractivity contribution is 5.75. The van der Waals surface area contributed by atoms with E-state index < -0.39 is 0 Å². The Kier molecular flexibility index (Phi) is 3.78. The molecule has 13 heavy (non-hydrogen) atoms. The molecule has 3 nitrogen and oxygen atoms in total. The zero-order valence-corrected chi connectivity index (χ0v) is 7.95. The van der Waals surface area contributed by atoms with Crippen LogP contribution in [0.2, 0.25) is 0 Å². The molecule has 1 atom stereocenters. The molecule has 1 aliphatic heterocycles. The Labute approximate surface area is 79.1 Å². The molecular weight excluding hydrogens is 166 g/mol. The molecule has 1 heterocycles. The number of likely N-dealkylation sites (tertiary alicyclic amines) is 1. The first kappa shape index (κ1) is 10.1. The van der Waals surface area contributed by atoms with E-state index >= 15 is 0 Å². The SMILES string of the molecule is C#CCN1CCCC[C@H]1C(=O)OC. The summed E-state index contributed by atoms with van der Waals surface area (Å²) < 4.78 is 4.72. The van der Waals surface area contributed by atoms with Gasteiger partial charge in [-0.15, -0.1) is 6.42 Å². The Balaban J connectivity index is 2.57. The first-order valence-corrected chi connectivity index (χ1v) is 4.55. The van der Waals surface area contributed by atoms with E-state index in [2.05, 4.69) is 5.92 Å². The van der Waals surface area contributed by atoms with Crippen LogP contribution in [-0.2, 0) is 9.53 Å². The normalized spacial score (nSPS) is 23.5. The molecule has 0 radical (unpaired) electrons. The van der Waals surface area contributed by atoms with Gasteiger partial charge in [-0.3, -0.25) is 9.69 Å². The van der Waals surface area contributed by atoms with Crippen LogP contribution in [0.5, 0.6) is 0 Å². The lowest BCUT2D eigenvalue weighted by atomic mass is 10.0. The van der Waals surface area contributed by atoms with Crippen molar-refractivity contribution in [3.8, 4) is 12.3 Å². The second-order valence-electron chi connectivity index (χ2n) is 3.21. The minimum atomic E-state index is -0.157. The number of esters is 1. The minimum Gasteiger partial charge on any atom is -0.468 e. The second-order valence-corrected chi connectivity index (χ2v) is 3.21. The third-order valence-electron chi connectivity index (χ3n) is 2.38. The molecular formula is C10H15NO2. The summed E-state index contributed by atoms with van der Waals surface area (Å²) in [6, 6.07) is -0.116. The Hall–Kier alpha value is -1.01. The molecule has 0 unspecified atom stereocenters. The summed E-state index contributed by atoms with van der Waals surface area (Å²) in [6.07, 6.45) is 8.29. The van der Waals surface area contributed by atoms with Gasteiger partial charge in [0, 0.05) is 0 Å². The highest BCUT2D eigenvalue weighted by Gasteiger charge is 2.28. The monoisotopic (exact) mass is 181 g/mol. The van der Waals surface area contributed by atoms with Gasteiger partial charge in [0.05, 0.1) is 13.7 Å². The maximum absolute atomic E-state index is 11.3. The number of methoxy groups -OCH3 is 1. The van der Waals surface area contributed by atoms with E-state index in [1.807, 2.05) is 4.90 Å². The van der Waals surface area contributed by atoms with E-state index in [0.717, 1.165) is 25.8 Å². The van der Waals surface area contributed by atoms with Crippen molar-refractivity contribution in [3.63, 3.8) is 0 Å². The summed E-state index contributed by atoms with van der Waals surface area (Å²) in [4.78, 5) is 13.3. The van der Waals surface area contributed by atoms with Crippen molar-refractivity contribution in [2.45, 2.75) is 25.3 Å². The zero-order chi connectivity index (χ0) is 9.68. The van der Waals surface area contributed by atoms with Crippen LogP contribution < -0.4 is 0 Å². The smallest absolute Gasteiger partial charge is 0.323 e. The molecule has 3 heteroatoms. The molecule has 0 aliphatic carbocycles. The van der Waals surface area contributed by atoms with Crippen molar-refractivity contribution in [1.29, 1.82) is 0 Å². The summed E-state index contributed by atoms with van der Waals surface area (Å²) in [5.74, 6) is 2.41. The molecule has 1 saturated heterocycles. The van der Waals surface area contributed by atoms with Crippen molar-refractivity contribution >= 4 is 5.97 Å². The molecule has 0 saturated carbocycles. The zero-order valence-electron chi connectivity index (χ0n) is 7.95. The number of piperidine rings is 1. The van der Waals surface area contributed by atoms with Crippen LogP contribution in [0.25, 0.3) is 0 Å². The maximum Gasteiger partial charge on any atom is 0.323 e.